The number of anilines is 1. The van der Waals surface area contributed by atoms with Gasteiger partial charge in [-0.05, 0) is 23.8 Å². The highest BCUT2D eigenvalue weighted by atomic mass is 35.5. The molecule has 0 saturated heterocycles. The number of H-pyrrole nitrogens is 1. The molecule has 102 valence electrons. The molecule has 0 saturated carbocycles. The van der Waals surface area contributed by atoms with Gasteiger partial charge in [-0.25, -0.2) is 13.8 Å². The number of aromatic nitrogens is 2. The number of benzene rings is 1. The van der Waals surface area contributed by atoms with E-state index in [4.69, 9.17) is 17.3 Å². The van der Waals surface area contributed by atoms with Gasteiger partial charge in [0.25, 0.3) is 0 Å². The second kappa shape index (κ2) is 4.76. The quantitative estimate of drug-likeness (QED) is 0.708. The molecule has 0 aliphatic carbocycles. The zero-order valence-corrected chi connectivity index (χ0v) is 11.0. The third-order valence-electron chi connectivity index (χ3n) is 3.17. The highest BCUT2D eigenvalue weighted by Gasteiger charge is 2.15. The molecule has 0 amide bonds. The maximum atomic E-state index is 13.9. The fourth-order valence-electron chi connectivity index (χ4n) is 2.15. The standard InChI is InChI=1S/C14H10ClF2N3/c15-8-4-9-7(5-19-14(9)20-6-8)3-10-11(16)1-2-12(18)13(10)17/h1-2,4-6H,3,18H2,(H,19,20). The topological polar surface area (TPSA) is 54.7 Å². The third-order valence-corrected chi connectivity index (χ3v) is 3.37. The summed E-state index contributed by atoms with van der Waals surface area (Å²) in [6.45, 7) is 0. The van der Waals surface area contributed by atoms with Crippen LogP contribution in [-0.2, 0) is 6.42 Å². The van der Waals surface area contributed by atoms with Gasteiger partial charge >= 0.3 is 0 Å². The van der Waals surface area contributed by atoms with E-state index in [0.717, 1.165) is 11.5 Å². The molecular formula is C14H10ClF2N3. The van der Waals surface area contributed by atoms with E-state index in [1.165, 1.54) is 12.3 Å². The predicted molar refractivity (Wildman–Crippen MR) is 74.7 cm³/mol. The summed E-state index contributed by atoms with van der Waals surface area (Å²) < 4.78 is 27.7. The van der Waals surface area contributed by atoms with E-state index in [-0.39, 0.29) is 17.7 Å². The number of hydrogen-bond acceptors (Lipinski definition) is 2. The van der Waals surface area contributed by atoms with Crippen LogP contribution in [0.1, 0.15) is 11.1 Å². The van der Waals surface area contributed by atoms with Gasteiger partial charge in [-0.15, -0.1) is 0 Å². The molecule has 3 nitrogen and oxygen atoms in total. The van der Waals surface area contributed by atoms with Gasteiger partial charge in [0.05, 0.1) is 10.7 Å². The Kier molecular flexibility index (Phi) is 3.06. The van der Waals surface area contributed by atoms with Crippen molar-refractivity contribution in [2.75, 3.05) is 5.73 Å². The molecule has 0 fully saturated rings. The molecule has 3 rings (SSSR count). The van der Waals surface area contributed by atoms with Crippen LogP contribution >= 0.6 is 11.6 Å². The van der Waals surface area contributed by atoms with Crippen molar-refractivity contribution in [3.63, 3.8) is 0 Å². The molecule has 2 aromatic heterocycles. The van der Waals surface area contributed by atoms with Gasteiger partial charge in [-0.3, -0.25) is 0 Å². The summed E-state index contributed by atoms with van der Waals surface area (Å²) in [6, 6.07) is 4.08. The second-order valence-corrected chi connectivity index (χ2v) is 4.91. The largest absolute Gasteiger partial charge is 0.396 e. The van der Waals surface area contributed by atoms with Crippen LogP contribution in [0.2, 0.25) is 5.02 Å². The van der Waals surface area contributed by atoms with Crippen molar-refractivity contribution in [2.45, 2.75) is 6.42 Å². The van der Waals surface area contributed by atoms with Crippen molar-refractivity contribution in [3.05, 3.63) is 58.4 Å². The number of hydrogen-bond donors (Lipinski definition) is 2. The van der Waals surface area contributed by atoms with Crippen LogP contribution < -0.4 is 5.73 Å². The Morgan fingerprint density at radius 3 is 2.90 bits per heavy atom. The Hall–Kier alpha value is -2.14. The minimum atomic E-state index is -0.727. The smallest absolute Gasteiger partial charge is 0.152 e. The van der Waals surface area contributed by atoms with Crippen LogP contribution in [0.15, 0.2) is 30.6 Å². The van der Waals surface area contributed by atoms with Crippen LogP contribution in [0.25, 0.3) is 11.0 Å². The molecule has 0 bridgehead atoms. The van der Waals surface area contributed by atoms with Crippen LogP contribution in [0.4, 0.5) is 14.5 Å². The summed E-state index contributed by atoms with van der Waals surface area (Å²) in [5.74, 6) is -1.35. The number of fused-ring (bicyclic) bond motifs is 1. The van der Waals surface area contributed by atoms with Crippen molar-refractivity contribution in [3.8, 4) is 0 Å². The lowest BCUT2D eigenvalue weighted by Gasteiger charge is -2.06. The van der Waals surface area contributed by atoms with Gasteiger partial charge in [-0.1, -0.05) is 11.6 Å². The van der Waals surface area contributed by atoms with Crippen LogP contribution in [0.3, 0.4) is 0 Å². The zero-order chi connectivity index (χ0) is 14.3. The van der Waals surface area contributed by atoms with Gasteiger partial charge in [0.1, 0.15) is 11.5 Å². The Labute approximate surface area is 118 Å². The SMILES string of the molecule is Nc1ccc(F)c(Cc2c[nH]c3ncc(Cl)cc23)c1F. The minimum absolute atomic E-state index is 0.0640. The van der Waals surface area contributed by atoms with Crippen molar-refractivity contribution in [2.24, 2.45) is 0 Å². The first-order chi connectivity index (χ1) is 9.56. The number of nitrogens with one attached hydrogen (secondary N) is 1. The predicted octanol–water partition coefficient (Wildman–Crippen LogP) is 3.67. The lowest BCUT2D eigenvalue weighted by atomic mass is 10.0. The molecule has 1 aromatic carbocycles. The van der Waals surface area contributed by atoms with Gasteiger partial charge < -0.3 is 10.7 Å². The first kappa shape index (κ1) is 12.9. The summed E-state index contributed by atoms with van der Waals surface area (Å²) in [4.78, 5) is 7.05. The summed E-state index contributed by atoms with van der Waals surface area (Å²) in [7, 11) is 0. The minimum Gasteiger partial charge on any atom is -0.396 e. The van der Waals surface area contributed by atoms with Crippen molar-refractivity contribution in [1.29, 1.82) is 0 Å². The second-order valence-electron chi connectivity index (χ2n) is 4.47. The molecule has 6 heteroatoms. The summed E-state index contributed by atoms with van der Waals surface area (Å²) in [5.41, 5.74) is 6.66. The number of aromatic amines is 1. The molecule has 20 heavy (non-hydrogen) atoms. The number of nitrogens with two attached hydrogens (primary N) is 1. The van der Waals surface area contributed by atoms with Gasteiger partial charge in [0.2, 0.25) is 0 Å². The fraction of sp³-hybridized carbons (Fsp3) is 0.0714. The van der Waals surface area contributed by atoms with Crippen molar-refractivity contribution < 1.29 is 8.78 Å². The highest BCUT2D eigenvalue weighted by Crippen LogP contribution is 2.26. The molecule has 0 aliphatic heterocycles. The number of halogens is 3. The normalized spacial score (nSPS) is 11.2. The van der Waals surface area contributed by atoms with Crippen molar-refractivity contribution >= 4 is 28.3 Å². The monoisotopic (exact) mass is 293 g/mol. The van der Waals surface area contributed by atoms with E-state index in [0.29, 0.717) is 16.2 Å². The molecule has 0 unspecified atom stereocenters. The van der Waals surface area contributed by atoms with Gasteiger partial charge in [0, 0.05) is 29.8 Å². The van der Waals surface area contributed by atoms with E-state index in [9.17, 15) is 8.78 Å². The summed E-state index contributed by atoms with van der Waals surface area (Å²) in [5, 5.41) is 1.20. The molecule has 3 N–H and O–H groups in total. The van der Waals surface area contributed by atoms with E-state index in [2.05, 4.69) is 9.97 Å². The molecule has 0 spiro atoms. The molecule has 0 atom stereocenters. The first-order valence-corrected chi connectivity index (χ1v) is 6.28. The molecule has 3 aromatic rings. The maximum absolute atomic E-state index is 13.9. The Morgan fingerprint density at radius 2 is 2.10 bits per heavy atom. The highest BCUT2D eigenvalue weighted by molar-refractivity contribution is 6.31. The molecule has 2 heterocycles. The van der Waals surface area contributed by atoms with Gasteiger partial charge in [-0.2, -0.15) is 0 Å². The van der Waals surface area contributed by atoms with Crippen LogP contribution in [0.5, 0.6) is 0 Å². The third kappa shape index (κ3) is 2.10. The number of nitrogen functional groups attached to an aromatic ring is 1. The van der Waals surface area contributed by atoms with E-state index in [1.807, 2.05) is 0 Å². The van der Waals surface area contributed by atoms with Gasteiger partial charge in [0.15, 0.2) is 5.82 Å². The first-order valence-electron chi connectivity index (χ1n) is 5.90. The average molecular weight is 294 g/mol. The van der Waals surface area contributed by atoms with Crippen LogP contribution in [-0.4, -0.2) is 9.97 Å². The number of rotatable bonds is 2. The lowest BCUT2D eigenvalue weighted by Crippen LogP contribution is -2.01. The summed E-state index contributed by atoms with van der Waals surface area (Å²) in [6.07, 6.45) is 3.24. The Balaban J connectivity index is 2.10. The van der Waals surface area contributed by atoms with E-state index < -0.39 is 11.6 Å². The number of nitrogens with zero attached hydrogens (tertiary/aromatic N) is 1. The molecule has 0 radical (unpaired) electrons. The summed E-state index contributed by atoms with van der Waals surface area (Å²) >= 11 is 5.89. The fourth-order valence-corrected chi connectivity index (χ4v) is 2.30. The lowest BCUT2D eigenvalue weighted by molar-refractivity contribution is 0.564. The Bertz CT molecular complexity index is 798. The Morgan fingerprint density at radius 1 is 1.30 bits per heavy atom. The van der Waals surface area contributed by atoms with E-state index in [1.54, 1.807) is 12.3 Å². The zero-order valence-electron chi connectivity index (χ0n) is 10.3. The van der Waals surface area contributed by atoms with E-state index >= 15 is 0 Å². The van der Waals surface area contributed by atoms with Crippen molar-refractivity contribution in [1.82, 2.24) is 9.97 Å². The average Bonchev–Trinajstić information content (AvgIpc) is 2.81. The number of pyridine rings is 1. The van der Waals surface area contributed by atoms with Crippen LogP contribution in [0, 0.1) is 11.6 Å². The maximum Gasteiger partial charge on any atom is 0.152 e. The molecular weight excluding hydrogens is 284 g/mol. The molecule has 0 aliphatic rings.